The Morgan fingerprint density at radius 1 is 1.10 bits per heavy atom. The molecule has 2 fully saturated rings. The van der Waals surface area contributed by atoms with Crippen molar-refractivity contribution in [1.29, 1.82) is 0 Å². The second-order valence-electron chi connectivity index (χ2n) is 5.22. The average molecular weight is 271 g/mol. The van der Waals surface area contributed by atoms with Crippen LogP contribution in [-0.2, 0) is 14.3 Å². The second-order valence-corrected chi connectivity index (χ2v) is 5.22. The van der Waals surface area contributed by atoms with Crippen LogP contribution >= 0.6 is 0 Å². The van der Waals surface area contributed by atoms with Crippen LogP contribution in [0.25, 0.3) is 0 Å². The molecule has 2 saturated heterocycles. The molecule has 3 aliphatic heterocycles. The number of carbonyl (C=O) groups is 2. The van der Waals surface area contributed by atoms with E-state index in [1.807, 2.05) is 12.2 Å². The van der Waals surface area contributed by atoms with Crippen LogP contribution in [-0.4, -0.2) is 31.1 Å². The number of hydrogen-bond acceptors (Lipinski definition) is 4. The predicted molar refractivity (Wildman–Crippen MR) is 70.3 cm³/mol. The summed E-state index contributed by atoms with van der Waals surface area (Å²) < 4.78 is 10.8. The zero-order valence-corrected chi connectivity index (χ0v) is 10.9. The number of rotatable bonds is 2. The fourth-order valence-corrected chi connectivity index (χ4v) is 3.31. The third-order valence-electron chi connectivity index (χ3n) is 4.22. The van der Waals surface area contributed by atoms with Crippen LogP contribution in [0.2, 0.25) is 0 Å². The van der Waals surface area contributed by atoms with Crippen LogP contribution in [0.3, 0.4) is 0 Å². The van der Waals surface area contributed by atoms with E-state index in [1.165, 1.54) is 4.90 Å². The van der Waals surface area contributed by atoms with Gasteiger partial charge in [0.05, 0.1) is 36.8 Å². The largest absolute Gasteiger partial charge is 0.497 e. The Balaban J connectivity index is 1.74. The normalized spacial score (nSPS) is 34.0. The first-order valence-corrected chi connectivity index (χ1v) is 6.56. The van der Waals surface area contributed by atoms with Crippen molar-refractivity contribution >= 4 is 17.5 Å². The maximum atomic E-state index is 12.5. The van der Waals surface area contributed by atoms with Gasteiger partial charge in [0.25, 0.3) is 0 Å². The first-order chi connectivity index (χ1) is 9.70. The van der Waals surface area contributed by atoms with Crippen molar-refractivity contribution in [3.8, 4) is 5.75 Å². The van der Waals surface area contributed by atoms with Gasteiger partial charge in [-0.2, -0.15) is 0 Å². The molecule has 4 atom stereocenters. The molecule has 1 aromatic rings. The molecule has 0 aromatic heterocycles. The average Bonchev–Trinajstić information content (AvgIpc) is 3.13. The lowest BCUT2D eigenvalue weighted by Gasteiger charge is -2.18. The minimum Gasteiger partial charge on any atom is -0.497 e. The Labute approximate surface area is 115 Å². The van der Waals surface area contributed by atoms with Gasteiger partial charge in [-0.3, -0.25) is 9.59 Å². The number of imide groups is 1. The minimum atomic E-state index is -0.372. The number of amides is 2. The maximum Gasteiger partial charge on any atom is 0.240 e. The molecule has 5 heteroatoms. The van der Waals surface area contributed by atoms with E-state index in [9.17, 15) is 9.59 Å². The summed E-state index contributed by atoms with van der Waals surface area (Å²) in [6, 6.07) is 7.00. The summed E-state index contributed by atoms with van der Waals surface area (Å²) in [7, 11) is 1.56. The van der Waals surface area contributed by atoms with E-state index in [0.717, 1.165) is 0 Å². The van der Waals surface area contributed by atoms with Crippen LogP contribution in [0.15, 0.2) is 36.4 Å². The molecular weight excluding hydrogens is 258 g/mol. The Morgan fingerprint density at radius 2 is 1.75 bits per heavy atom. The van der Waals surface area contributed by atoms with E-state index >= 15 is 0 Å². The number of anilines is 1. The number of fused-ring (bicyclic) bond motifs is 5. The first kappa shape index (κ1) is 11.7. The smallest absolute Gasteiger partial charge is 0.240 e. The SMILES string of the molecule is COc1cccc(N2C(=O)[C@@H]3[C@@H](C2=O)[C@H]2C=C[C@@H]3O2)c1. The van der Waals surface area contributed by atoms with Crippen molar-refractivity contribution < 1.29 is 19.1 Å². The topological polar surface area (TPSA) is 55.8 Å². The molecule has 0 aliphatic carbocycles. The number of ether oxygens (including phenoxy) is 2. The van der Waals surface area contributed by atoms with Gasteiger partial charge < -0.3 is 9.47 Å². The Hall–Kier alpha value is -2.14. The van der Waals surface area contributed by atoms with Crippen LogP contribution < -0.4 is 9.64 Å². The van der Waals surface area contributed by atoms with Crippen LogP contribution in [0.1, 0.15) is 0 Å². The Bertz CT molecular complexity index is 609. The molecule has 2 amide bonds. The summed E-state index contributed by atoms with van der Waals surface area (Å²) in [5.74, 6) is -0.472. The summed E-state index contributed by atoms with van der Waals surface area (Å²) >= 11 is 0. The summed E-state index contributed by atoms with van der Waals surface area (Å²) in [6.07, 6.45) is 3.26. The van der Waals surface area contributed by atoms with E-state index in [2.05, 4.69) is 0 Å². The van der Waals surface area contributed by atoms with E-state index in [0.29, 0.717) is 11.4 Å². The van der Waals surface area contributed by atoms with Gasteiger partial charge in [0.2, 0.25) is 11.8 Å². The van der Waals surface area contributed by atoms with Crippen molar-refractivity contribution in [2.45, 2.75) is 12.2 Å². The zero-order valence-electron chi connectivity index (χ0n) is 10.9. The molecular formula is C15H13NO4. The minimum absolute atomic E-state index is 0.176. The van der Waals surface area contributed by atoms with Crippen molar-refractivity contribution in [3.05, 3.63) is 36.4 Å². The lowest BCUT2D eigenvalue weighted by molar-refractivity contribution is -0.124. The quantitative estimate of drug-likeness (QED) is 0.598. The lowest BCUT2D eigenvalue weighted by atomic mass is 9.85. The van der Waals surface area contributed by atoms with Crippen molar-refractivity contribution in [2.24, 2.45) is 11.8 Å². The van der Waals surface area contributed by atoms with Gasteiger partial charge in [-0.1, -0.05) is 18.2 Å². The molecule has 0 unspecified atom stereocenters. The Morgan fingerprint density at radius 3 is 2.35 bits per heavy atom. The summed E-state index contributed by atoms with van der Waals surface area (Å²) in [5.41, 5.74) is 0.563. The standard InChI is InChI=1S/C15H13NO4/c1-19-9-4-2-3-8(7-9)16-14(17)12-10-5-6-11(20-10)13(12)15(16)18/h2-7,10-13H,1H3/t10-,11+,12-,13-/m0/s1. The van der Waals surface area contributed by atoms with E-state index in [4.69, 9.17) is 9.47 Å². The fraction of sp³-hybridized carbons (Fsp3) is 0.333. The van der Waals surface area contributed by atoms with Crippen LogP contribution in [0.5, 0.6) is 5.75 Å². The number of hydrogen-bond donors (Lipinski definition) is 0. The highest BCUT2D eigenvalue weighted by molar-refractivity contribution is 6.23. The first-order valence-electron chi connectivity index (χ1n) is 6.56. The molecule has 4 rings (SSSR count). The zero-order chi connectivity index (χ0) is 13.9. The van der Waals surface area contributed by atoms with Gasteiger partial charge in [0.1, 0.15) is 5.75 Å². The van der Waals surface area contributed by atoms with Crippen molar-refractivity contribution in [1.82, 2.24) is 0 Å². The number of benzene rings is 1. The lowest BCUT2D eigenvalue weighted by Crippen LogP contribution is -2.34. The molecule has 20 heavy (non-hydrogen) atoms. The molecule has 5 nitrogen and oxygen atoms in total. The Kier molecular flexibility index (Phi) is 2.29. The number of methoxy groups -OCH3 is 1. The highest BCUT2D eigenvalue weighted by atomic mass is 16.5. The molecule has 102 valence electrons. The van der Waals surface area contributed by atoms with Gasteiger partial charge in [-0.25, -0.2) is 4.90 Å². The molecule has 0 spiro atoms. The van der Waals surface area contributed by atoms with Crippen molar-refractivity contribution in [2.75, 3.05) is 12.0 Å². The molecule has 0 radical (unpaired) electrons. The van der Waals surface area contributed by atoms with Gasteiger partial charge in [0.15, 0.2) is 0 Å². The summed E-state index contributed by atoms with van der Waals surface area (Å²) in [5, 5.41) is 0. The molecule has 0 saturated carbocycles. The van der Waals surface area contributed by atoms with E-state index in [-0.39, 0.29) is 35.9 Å². The highest BCUT2D eigenvalue weighted by Gasteiger charge is 2.60. The summed E-state index contributed by atoms with van der Waals surface area (Å²) in [4.78, 5) is 26.3. The maximum absolute atomic E-state index is 12.5. The molecule has 3 heterocycles. The second kappa shape index (κ2) is 3.93. The van der Waals surface area contributed by atoms with Crippen molar-refractivity contribution in [3.63, 3.8) is 0 Å². The third-order valence-corrected chi connectivity index (χ3v) is 4.22. The summed E-state index contributed by atoms with van der Waals surface area (Å²) in [6.45, 7) is 0. The molecule has 3 aliphatic rings. The highest BCUT2D eigenvalue weighted by Crippen LogP contribution is 2.46. The van der Waals surface area contributed by atoms with E-state index in [1.54, 1.807) is 31.4 Å². The molecule has 1 aromatic carbocycles. The number of carbonyl (C=O) groups excluding carboxylic acids is 2. The third kappa shape index (κ3) is 1.35. The molecule has 0 N–H and O–H groups in total. The number of nitrogens with zero attached hydrogens (tertiary/aromatic N) is 1. The predicted octanol–water partition coefficient (Wildman–Crippen LogP) is 1.14. The van der Waals surface area contributed by atoms with Gasteiger partial charge in [-0.15, -0.1) is 0 Å². The van der Waals surface area contributed by atoms with Crippen LogP contribution in [0, 0.1) is 11.8 Å². The van der Waals surface area contributed by atoms with E-state index < -0.39 is 0 Å². The monoisotopic (exact) mass is 271 g/mol. The van der Waals surface area contributed by atoms with Gasteiger partial charge in [0, 0.05) is 6.07 Å². The van der Waals surface area contributed by atoms with Gasteiger partial charge >= 0.3 is 0 Å². The fourth-order valence-electron chi connectivity index (χ4n) is 3.31. The van der Waals surface area contributed by atoms with Crippen LogP contribution in [0.4, 0.5) is 5.69 Å². The van der Waals surface area contributed by atoms with Gasteiger partial charge in [-0.05, 0) is 12.1 Å². The molecule has 2 bridgehead atoms.